The molecule has 1 aromatic rings. The van der Waals surface area contributed by atoms with E-state index in [2.05, 4.69) is 25.3 Å². The van der Waals surface area contributed by atoms with E-state index in [0.717, 1.165) is 11.3 Å². The lowest BCUT2D eigenvalue weighted by Crippen LogP contribution is -1.78. The highest BCUT2D eigenvalue weighted by atomic mass is 32.1. The molecule has 0 spiro atoms. The Morgan fingerprint density at radius 1 is 1.50 bits per heavy atom. The molecular formula is C9H10S. The Balaban J connectivity index is 2.84. The number of hydrogen-bond acceptors (Lipinski definition) is 1. The molecule has 1 aromatic carbocycles. The number of hydrogen-bond donors (Lipinski definition) is 1. The molecule has 1 heteroatoms. The van der Waals surface area contributed by atoms with Gasteiger partial charge in [0.1, 0.15) is 0 Å². The molecule has 0 aliphatic rings. The third-order valence-electron chi connectivity index (χ3n) is 1.29. The summed E-state index contributed by atoms with van der Waals surface area (Å²) >= 11 is 4.21. The molecule has 0 aliphatic heterocycles. The number of rotatable bonds is 2. The zero-order valence-electron chi connectivity index (χ0n) is 5.75. The number of benzene rings is 1. The normalized spacial score (nSPS) is 9.30. The van der Waals surface area contributed by atoms with Crippen LogP contribution in [0.3, 0.4) is 0 Å². The lowest BCUT2D eigenvalue weighted by molar-refractivity contribution is 1.24. The molecule has 0 fully saturated rings. The molecule has 0 heterocycles. The van der Waals surface area contributed by atoms with Crippen LogP contribution in [0.1, 0.15) is 5.56 Å². The van der Waals surface area contributed by atoms with Crippen LogP contribution in [0.2, 0.25) is 0 Å². The average Bonchev–Trinajstić information content (AvgIpc) is 1.88. The molecule has 0 saturated heterocycles. The maximum Gasteiger partial charge on any atom is 0.00428 e. The molecule has 0 amide bonds. The zero-order chi connectivity index (χ0) is 7.40. The van der Waals surface area contributed by atoms with Crippen LogP contribution in [0.25, 0.3) is 0 Å². The third kappa shape index (κ3) is 1.92. The van der Waals surface area contributed by atoms with E-state index in [1.54, 1.807) is 0 Å². The van der Waals surface area contributed by atoms with Crippen molar-refractivity contribution in [3.05, 3.63) is 42.5 Å². The van der Waals surface area contributed by atoms with E-state index in [1.165, 1.54) is 5.56 Å². The maximum absolute atomic E-state index is 4.21. The van der Waals surface area contributed by atoms with E-state index < -0.39 is 0 Å². The highest BCUT2D eigenvalue weighted by Crippen LogP contribution is 2.08. The predicted octanol–water partition coefficient (Wildman–Crippen LogP) is 2.70. The summed E-state index contributed by atoms with van der Waals surface area (Å²) in [5, 5.41) is 0. The lowest BCUT2D eigenvalue weighted by atomic mass is 10.2. The summed E-state index contributed by atoms with van der Waals surface area (Å²) in [6, 6.07) is 8.09. The van der Waals surface area contributed by atoms with Gasteiger partial charge >= 0.3 is 0 Å². The summed E-state index contributed by atoms with van der Waals surface area (Å²) in [5.41, 5.74) is 1.27. The van der Waals surface area contributed by atoms with Gasteiger partial charge in [0.2, 0.25) is 0 Å². The fourth-order valence-corrected chi connectivity index (χ4v) is 1.10. The van der Waals surface area contributed by atoms with Crippen molar-refractivity contribution in [2.45, 2.75) is 11.3 Å². The summed E-state index contributed by atoms with van der Waals surface area (Å²) in [6.07, 6.45) is 2.82. The van der Waals surface area contributed by atoms with E-state index in [1.807, 2.05) is 24.3 Å². The topological polar surface area (TPSA) is 0 Å². The van der Waals surface area contributed by atoms with Crippen LogP contribution in [0.5, 0.6) is 0 Å². The van der Waals surface area contributed by atoms with Crippen molar-refractivity contribution < 1.29 is 0 Å². The minimum absolute atomic E-state index is 0.925. The first-order valence-corrected chi connectivity index (χ1v) is 3.66. The van der Waals surface area contributed by atoms with Crippen LogP contribution >= 0.6 is 12.6 Å². The molecule has 0 nitrogen and oxygen atoms in total. The molecule has 0 N–H and O–H groups in total. The van der Waals surface area contributed by atoms with Crippen LogP contribution in [-0.4, -0.2) is 0 Å². The standard InChI is InChI=1S/C9H10S/c1-2-4-8-5-3-6-9(10)7-8/h2-3,5-7,10H,1,4H2. The fraction of sp³-hybridized carbons (Fsp3) is 0.111. The Morgan fingerprint density at radius 2 is 2.30 bits per heavy atom. The quantitative estimate of drug-likeness (QED) is 0.486. The Morgan fingerprint density at radius 3 is 2.90 bits per heavy atom. The molecule has 52 valence electrons. The summed E-state index contributed by atoms with van der Waals surface area (Å²) in [6.45, 7) is 3.66. The molecule has 0 unspecified atom stereocenters. The van der Waals surface area contributed by atoms with E-state index in [-0.39, 0.29) is 0 Å². The number of thiol groups is 1. The number of allylic oxidation sites excluding steroid dienone is 1. The van der Waals surface area contributed by atoms with Gasteiger partial charge in [-0.25, -0.2) is 0 Å². The zero-order valence-corrected chi connectivity index (χ0v) is 6.64. The molecule has 0 aromatic heterocycles. The van der Waals surface area contributed by atoms with Gasteiger partial charge in [0.25, 0.3) is 0 Å². The van der Waals surface area contributed by atoms with Gasteiger partial charge in [-0.15, -0.1) is 19.2 Å². The smallest absolute Gasteiger partial charge is 0.00428 e. The molecule has 10 heavy (non-hydrogen) atoms. The van der Waals surface area contributed by atoms with Crippen molar-refractivity contribution in [2.75, 3.05) is 0 Å². The minimum Gasteiger partial charge on any atom is -0.143 e. The van der Waals surface area contributed by atoms with Crippen LogP contribution in [0, 0.1) is 0 Å². The second kappa shape index (κ2) is 3.47. The SMILES string of the molecule is C=CCc1cccc(S)c1. The van der Waals surface area contributed by atoms with Gasteiger partial charge < -0.3 is 0 Å². The van der Waals surface area contributed by atoms with Crippen molar-refractivity contribution in [1.29, 1.82) is 0 Å². The largest absolute Gasteiger partial charge is 0.143 e. The van der Waals surface area contributed by atoms with Crippen LogP contribution < -0.4 is 0 Å². The van der Waals surface area contributed by atoms with Gasteiger partial charge in [0.05, 0.1) is 0 Å². The average molecular weight is 150 g/mol. The van der Waals surface area contributed by atoms with Gasteiger partial charge in [-0.3, -0.25) is 0 Å². The fourth-order valence-electron chi connectivity index (χ4n) is 0.850. The van der Waals surface area contributed by atoms with Gasteiger partial charge in [-0.05, 0) is 24.1 Å². The lowest BCUT2D eigenvalue weighted by Gasteiger charge is -1.95. The van der Waals surface area contributed by atoms with Crippen LogP contribution in [0.4, 0.5) is 0 Å². The van der Waals surface area contributed by atoms with Gasteiger partial charge in [-0.1, -0.05) is 18.2 Å². The van der Waals surface area contributed by atoms with Crippen molar-refractivity contribution in [2.24, 2.45) is 0 Å². The van der Waals surface area contributed by atoms with Crippen molar-refractivity contribution in [3.8, 4) is 0 Å². The third-order valence-corrected chi connectivity index (χ3v) is 1.57. The van der Waals surface area contributed by atoms with E-state index in [0.29, 0.717) is 0 Å². The second-order valence-electron chi connectivity index (χ2n) is 2.16. The Labute approximate surface area is 67.0 Å². The molecule has 0 aliphatic carbocycles. The molecule has 1 rings (SSSR count). The summed E-state index contributed by atoms with van der Waals surface area (Å²) in [4.78, 5) is 1.01. The minimum atomic E-state index is 0.925. The molecular weight excluding hydrogens is 140 g/mol. The molecule has 0 saturated carbocycles. The van der Waals surface area contributed by atoms with Crippen LogP contribution in [-0.2, 0) is 6.42 Å². The van der Waals surface area contributed by atoms with Crippen molar-refractivity contribution in [1.82, 2.24) is 0 Å². The molecule has 0 atom stereocenters. The van der Waals surface area contributed by atoms with E-state index in [9.17, 15) is 0 Å². The monoisotopic (exact) mass is 150 g/mol. The summed E-state index contributed by atoms with van der Waals surface area (Å²) in [7, 11) is 0. The predicted molar refractivity (Wildman–Crippen MR) is 47.6 cm³/mol. The Kier molecular flexibility index (Phi) is 2.57. The molecule has 0 radical (unpaired) electrons. The van der Waals surface area contributed by atoms with Gasteiger partial charge in [-0.2, -0.15) is 0 Å². The highest BCUT2D eigenvalue weighted by Gasteiger charge is 1.87. The second-order valence-corrected chi connectivity index (χ2v) is 2.68. The Hall–Kier alpha value is -0.690. The first kappa shape index (κ1) is 7.42. The first-order chi connectivity index (χ1) is 4.83. The Bertz CT molecular complexity index is 228. The van der Waals surface area contributed by atoms with Gasteiger partial charge in [0.15, 0.2) is 0 Å². The molecule has 0 bridgehead atoms. The maximum atomic E-state index is 4.21. The van der Waals surface area contributed by atoms with Crippen molar-refractivity contribution >= 4 is 12.6 Å². The van der Waals surface area contributed by atoms with E-state index >= 15 is 0 Å². The van der Waals surface area contributed by atoms with Gasteiger partial charge in [0, 0.05) is 4.90 Å². The first-order valence-electron chi connectivity index (χ1n) is 3.22. The van der Waals surface area contributed by atoms with Crippen molar-refractivity contribution in [3.63, 3.8) is 0 Å². The summed E-state index contributed by atoms with van der Waals surface area (Å²) < 4.78 is 0. The van der Waals surface area contributed by atoms with E-state index in [4.69, 9.17) is 0 Å². The highest BCUT2D eigenvalue weighted by molar-refractivity contribution is 7.80. The van der Waals surface area contributed by atoms with Crippen LogP contribution in [0.15, 0.2) is 41.8 Å². The summed E-state index contributed by atoms with van der Waals surface area (Å²) in [5.74, 6) is 0.